The Morgan fingerprint density at radius 3 is 2.65 bits per heavy atom. The Balaban J connectivity index is 2.58. The van der Waals surface area contributed by atoms with E-state index in [0.717, 1.165) is 0 Å². The molecule has 0 aliphatic heterocycles. The van der Waals surface area contributed by atoms with Gasteiger partial charge >= 0.3 is 5.97 Å². The zero-order valence-corrected chi connectivity index (χ0v) is 13.0. The predicted molar refractivity (Wildman–Crippen MR) is 75.5 cm³/mol. The van der Waals surface area contributed by atoms with Crippen LogP contribution < -0.4 is 4.72 Å². The van der Waals surface area contributed by atoms with Gasteiger partial charge in [-0.15, -0.1) is 0 Å². The van der Waals surface area contributed by atoms with Gasteiger partial charge in [0.1, 0.15) is 0 Å². The van der Waals surface area contributed by atoms with Crippen LogP contribution >= 0.6 is 0 Å². The summed E-state index contributed by atoms with van der Waals surface area (Å²) < 4.78 is 32.0. The standard InChI is InChI=1S/C12H21N3O4S/c1-5-6-20(17,18)14-10-7-13-15(8-10)9-19-11(16)12(2,3)4/h7-8,14H,5-6,9H2,1-4H3. The van der Waals surface area contributed by atoms with E-state index < -0.39 is 15.4 Å². The Labute approximate surface area is 119 Å². The molecule has 0 unspecified atom stereocenters. The highest BCUT2D eigenvalue weighted by atomic mass is 32.2. The van der Waals surface area contributed by atoms with Crippen molar-refractivity contribution in [2.45, 2.75) is 40.8 Å². The molecule has 20 heavy (non-hydrogen) atoms. The van der Waals surface area contributed by atoms with Crippen LogP contribution in [0.4, 0.5) is 5.69 Å². The number of anilines is 1. The second-order valence-electron chi connectivity index (χ2n) is 5.50. The average molecular weight is 303 g/mol. The Bertz CT molecular complexity index is 558. The fraction of sp³-hybridized carbons (Fsp3) is 0.667. The highest BCUT2D eigenvalue weighted by Crippen LogP contribution is 2.15. The van der Waals surface area contributed by atoms with E-state index in [1.807, 2.05) is 0 Å². The largest absolute Gasteiger partial charge is 0.442 e. The van der Waals surface area contributed by atoms with Gasteiger partial charge in [0, 0.05) is 0 Å². The first-order valence-electron chi connectivity index (χ1n) is 6.34. The van der Waals surface area contributed by atoms with Crippen molar-refractivity contribution in [2.75, 3.05) is 10.5 Å². The molecule has 0 aliphatic rings. The topological polar surface area (TPSA) is 90.3 Å². The number of rotatable bonds is 6. The normalized spacial score (nSPS) is 12.2. The van der Waals surface area contributed by atoms with Crippen molar-refractivity contribution in [3.63, 3.8) is 0 Å². The molecule has 0 amide bonds. The first kappa shape index (κ1) is 16.5. The van der Waals surface area contributed by atoms with Crippen molar-refractivity contribution >= 4 is 21.7 Å². The van der Waals surface area contributed by atoms with Crippen molar-refractivity contribution in [2.24, 2.45) is 5.41 Å². The van der Waals surface area contributed by atoms with Crippen molar-refractivity contribution in [3.05, 3.63) is 12.4 Å². The minimum atomic E-state index is -3.34. The Hall–Kier alpha value is -1.57. The molecule has 0 fully saturated rings. The molecule has 1 rings (SSSR count). The third kappa shape index (κ3) is 5.20. The molecule has 0 saturated carbocycles. The number of hydrogen-bond acceptors (Lipinski definition) is 5. The maximum atomic E-state index is 11.6. The average Bonchev–Trinajstić information content (AvgIpc) is 2.71. The third-order valence-electron chi connectivity index (χ3n) is 2.32. The van der Waals surface area contributed by atoms with E-state index in [0.29, 0.717) is 12.1 Å². The van der Waals surface area contributed by atoms with Gasteiger partial charge in [0.15, 0.2) is 6.73 Å². The minimum Gasteiger partial charge on any atom is -0.442 e. The molecule has 8 heteroatoms. The summed E-state index contributed by atoms with van der Waals surface area (Å²) in [5, 5.41) is 3.93. The van der Waals surface area contributed by atoms with Crippen LogP contribution in [0, 0.1) is 5.41 Å². The minimum absolute atomic E-state index is 0.0500. The van der Waals surface area contributed by atoms with Gasteiger partial charge in [-0.2, -0.15) is 5.10 Å². The Kier molecular flexibility index (Phi) is 5.15. The van der Waals surface area contributed by atoms with Crippen molar-refractivity contribution in [3.8, 4) is 0 Å². The number of esters is 1. The lowest BCUT2D eigenvalue weighted by Gasteiger charge is -2.16. The highest BCUT2D eigenvalue weighted by molar-refractivity contribution is 7.92. The molecule has 1 aromatic heterocycles. The molecule has 0 bridgehead atoms. The first-order chi connectivity index (χ1) is 9.14. The molecule has 114 valence electrons. The number of sulfonamides is 1. The summed E-state index contributed by atoms with van der Waals surface area (Å²) in [5.41, 5.74) is -0.233. The van der Waals surface area contributed by atoms with Gasteiger partial charge in [-0.25, -0.2) is 13.1 Å². The lowest BCUT2D eigenvalue weighted by Crippen LogP contribution is -2.24. The summed E-state index contributed by atoms with van der Waals surface area (Å²) in [4.78, 5) is 11.6. The molecule has 1 aromatic rings. The molecular weight excluding hydrogens is 282 g/mol. The van der Waals surface area contributed by atoms with Crippen LogP contribution in [-0.4, -0.2) is 29.9 Å². The van der Waals surface area contributed by atoms with E-state index in [1.165, 1.54) is 17.1 Å². The quantitative estimate of drug-likeness (QED) is 0.806. The maximum absolute atomic E-state index is 11.6. The van der Waals surface area contributed by atoms with Crippen LogP contribution in [0.2, 0.25) is 0 Å². The number of ether oxygens (including phenoxy) is 1. The lowest BCUT2D eigenvalue weighted by atomic mass is 9.98. The summed E-state index contributed by atoms with van der Waals surface area (Å²) in [6, 6.07) is 0. The number of nitrogens with one attached hydrogen (secondary N) is 1. The maximum Gasteiger partial charge on any atom is 0.313 e. The fourth-order valence-electron chi connectivity index (χ4n) is 1.33. The highest BCUT2D eigenvalue weighted by Gasteiger charge is 2.23. The third-order valence-corrected chi connectivity index (χ3v) is 3.81. The summed E-state index contributed by atoms with van der Waals surface area (Å²) in [7, 11) is -3.34. The van der Waals surface area contributed by atoms with Gasteiger partial charge in [0.2, 0.25) is 10.0 Å². The van der Waals surface area contributed by atoms with Crippen LogP contribution in [0.25, 0.3) is 0 Å². The van der Waals surface area contributed by atoms with Crippen molar-refractivity contribution in [1.29, 1.82) is 0 Å². The molecule has 0 aliphatic carbocycles. The van der Waals surface area contributed by atoms with Crippen LogP contribution in [-0.2, 0) is 26.3 Å². The first-order valence-corrected chi connectivity index (χ1v) is 7.99. The van der Waals surface area contributed by atoms with E-state index in [4.69, 9.17) is 4.74 Å². The predicted octanol–water partition coefficient (Wildman–Crippen LogP) is 1.58. The second-order valence-corrected chi connectivity index (χ2v) is 7.34. The zero-order valence-electron chi connectivity index (χ0n) is 12.2. The number of nitrogens with zero attached hydrogens (tertiary/aromatic N) is 2. The lowest BCUT2D eigenvalue weighted by molar-refractivity contribution is -0.157. The SMILES string of the molecule is CCCS(=O)(=O)Nc1cnn(COC(=O)C(C)(C)C)c1. The zero-order chi connectivity index (χ0) is 15.4. The Morgan fingerprint density at radius 2 is 2.10 bits per heavy atom. The van der Waals surface area contributed by atoms with Crippen molar-refractivity contribution in [1.82, 2.24) is 9.78 Å². The van der Waals surface area contributed by atoms with E-state index >= 15 is 0 Å². The molecule has 0 spiro atoms. The van der Waals surface area contributed by atoms with E-state index in [2.05, 4.69) is 9.82 Å². The summed E-state index contributed by atoms with van der Waals surface area (Å²) in [6.07, 6.45) is 3.38. The number of carbonyl (C=O) groups is 1. The summed E-state index contributed by atoms with van der Waals surface area (Å²) >= 11 is 0. The molecule has 0 saturated heterocycles. The number of aromatic nitrogens is 2. The fourth-order valence-corrected chi connectivity index (χ4v) is 2.43. The molecular formula is C12H21N3O4S. The van der Waals surface area contributed by atoms with Gasteiger partial charge in [-0.05, 0) is 27.2 Å². The van der Waals surface area contributed by atoms with Gasteiger partial charge < -0.3 is 4.74 Å². The van der Waals surface area contributed by atoms with Crippen LogP contribution in [0.5, 0.6) is 0 Å². The van der Waals surface area contributed by atoms with Gasteiger partial charge in [0.05, 0.1) is 29.2 Å². The van der Waals surface area contributed by atoms with Gasteiger partial charge in [-0.3, -0.25) is 9.52 Å². The summed E-state index contributed by atoms with van der Waals surface area (Å²) in [5.74, 6) is -0.293. The van der Waals surface area contributed by atoms with Crippen LogP contribution in [0.1, 0.15) is 34.1 Å². The number of carbonyl (C=O) groups excluding carboxylic acids is 1. The molecule has 0 aromatic carbocycles. The molecule has 7 nitrogen and oxygen atoms in total. The van der Waals surface area contributed by atoms with Gasteiger partial charge in [0.25, 0.3) is 0 Å². The van der Waals surface area contributed by atoms with Crippen LogP contribution in [0.3, 0.4) is 0 Å². The van der Waals surface area contributed by atoms with Crippen molar-refractivity contribution < 1.29 is 17.9 Å². The molecule has 0 radical (unpaired) electrons. The van der Waals surface area contributed by atoms with Gasteiger partial charge in [-0.1, -0.05) is 6.92 Å². The summed E-state index contributed by atoms with van der Waals surface area (Å²) in [6.45, 7) is 6.99. The number of hydrogen-bond donors (Lipinski definition) is 1. The smallest absolute Gasteiger partial charge is 0.313 e. The van der Waals surface area contributed by atoms with E-state index in [1.54, 1.807) is 27.7 Å². The molecule has 1 N–H and O–H groups in total. The monoisotopic (exact) mass is 303 g/mol. The molecule has 1 heterocycles. The second kappa shape index (κ2) is 6.25. The molecule has 0 atom stereocenters. The van der Waals surface area contributed by atoms with E-state index in [-0.39, 0.29) is 18.5 Å². The van der Waals surface area contributed by atoms with E-state index in [9.17, 15) is 13.2 Å². The van der Waals surface area contributed by atoms with Crippen LogP contribution in [0.15, 0.2) is 12.4 Å². The Morgan fingerprint density at radius 1 is 1.45 bits per heavy atom.